The molecule has 1 saturated heterocycles. The normalized spacial score (nSPS) is 13.6. The second-order valence-corrected chi connectivity index (χ2v) is 7.14. The fourth-order valence-electron chi connectivity index (χ4n) is 3.16. The van der Waals surface area contributed by atoms with E-state index in [4.69, 9.17) is 9.47 Å². The van der Waals surface area contributed by atoms with Crippen molar-refractivity contribution in [3.05, 3.63) is 45.9 Å². The van der Waals surface area contributed by atoms with E-state index in [1.807, 2.05) is 13.0 Å². The molecule has 0 spiro atoms. The van der Waals surface area contributed by atoms with Crippen LogP contribution in [0.1, 0.15) is 28.8 Å². The van der Waals surface area contributed by atoms with Crippen molar-refractivity contribution in [1.82, 2.24) is 0 Å². The molecule has 0 bridgehead atoms. The summed E-state index contributed by atoms with van der Waals surface area (Å²) in [6.07, 6.45) is 2.48. The Morgan fingerprint density at radius 2 is 1.69 bits per heavy atom. The Bertz CT molecular complexity index is 792. The Morgan fingerprint density at radius 1 is 1.08 bits per heavy atom. The van der Waals surface area contributed by atoms with Crippen molar-refractivity contribution < 1.29 is 14.3 Å². The molecular weight excluding hydrogens is 396 g/mol. The van der Waals surface area contributed by atoms with Crippen LogP contribution in [0, 0.1) is 6.92 Å². The topological polar surface area (TPSA) is 50.8 Å². The van der Waals surface area contributed by atoms with Gasteiger partial charge in [0.25, 0.3) is 5.91 Å². The molecule has 26 heavy (non-hydrogen) atoms. The first-order valence-corrected chi connectivity index (χ1v) is 9.41. The number of aryl methyl sites for hydroxylation is 1. The minimum Gasteiger partial charge on any atom is -0.495 e. The molecule has 0 saturated carbocycles. The van der Waals surface area contributed by atoms with Crippen molar-refractivity contribution in [2.45, 2.75) is 19.8 Å². The Labute approximate surface area is 162 Å². The van der Waals surface area contributed by atoms with Crippen LogP contribution in [-0.4, -0.2) is 33.2 Å². The first kappa shape index (κ1) is 18.6. The quantitative estimate of drug-likeness (QED) is 0.768. The third-order valence-corrected chi connectivity index (χ3v) is 5.42. The predicted molar refractivity (Wildman–Crippen MR) is 108 cm³/mol. The summed E-state index contributed by atoms with van der Waals surface area (Å²) in [6.45, 7) is 4.21. The second-order valence-electron chi connectivity index (χ2n) is 6.34. The van der Waals surface area contributed by atoms with E-state index in [1.54, 1.807) is 26.4 Å². The van der Waals surface area contributed by atoms with Gasteiger partial charge in [0, 0.05) is 30.0 Å². The maximum absolute atomic E-state index is 12.7. The molecule has 1 amide bonds. The van der Waals surface area contributed by atoms with Gasteiger partial charge in [-0.25, -0.2) is 0 Å². The van der Waals surface area contributed by atoms with E-state index >= 15 is 0 Å². The number of benzene rings is 2. The standard InChI is InChI=1S/C20H23BrN2O3/c1-13-10-15(23-8-4-5-9-23)6-7-16(13)22-20(24)14-11-17(25-2)19(21)18(12-14)26-3/h6-7,10-12H,4-5,8-9H2,1-3H3,(H,22,24). The fourth-order valence-corrected chi connectivity index (χ4v) is 3.71. The number of rotatable bonds is 5. The van der Waals surface area contributed by atoms with Gasteiger partial charge in [0.05, 0.1) is 14.2 Å². The van der Waals surface area contributed by atoms with Crippen LogP contribution < -0.4 is 19.7 Å². The van der Waals surface area contributed by atoms with Gasteiger partial charge in [-0.1, -0.05) is 0 Å². The highest BCUT2D eigenvalue weighted by molar-refractivity contribution is 9.10. The average molecular weight is 419 g/mol. The minimum atomic E-state index is -0.203. The van der Waals surface area contributed by atoms with E-state index in [-0.39, 0.29) is 5.91 Å². The fraction of sp³-hybridized carbons (Fsp3) is 0.350. The summed E-state index contributed by atoms with van der Waals surface area (Å²) in [7, 11) is 3.12. The number of nitrogens with one attached hydrogen (secondary N) is 1. The molecule has 1 fully saturated rings. The van der Waals surface area contributed by atoms with E-state index in [1.165, 1.54) is 18.5 Å². The van der Waals surface area contributed by atoms with Crippen molar-refractivity contribution in [3.8, 4) is 11.5 Å². The molecule has 1 aliphatic rings. The van der Waals surface area contributed by atoms with Gasteiger partial charge in [0.15, 0.2) is 0 Å². The maximum Gasteiger partial charge on any atom is 0.255 e. The molecule has 3 rings (SSSR count). The molecule has 1 heterocycles. The SMILES string of the molecule is COc1cc(C(=O)Nc2ccc(N3CCCC3)cc2C)cc(OC)c1Br. The van der Waals surface area contributed by atoms with Crippen LogP contribution in [0.15, 0.2) is 34.8 Å². The summed E-state index contributed by atoms with van der Waals surface area (Å²) in [5.74, 6) is 0.900. The second kappa shape index (κ2) is 7.99. The number of anilines is 2. The van der Waals surface area contributed by atoms with E-state index < -0.39 is 0 Å². The summed E-state index contributed by atoms with van der Waals surface area (Å²) >= 11 is 3.42. The third-order valence-electron chi connectivity index (χ3n) is 4.64. The summed E-state index contributed by atoms with van der Waals surface area (Å²) < 4.78 is 11.3. The van der Waals surface area contributed by atoms with E-state index in [9.17, 15) is 4.79 Å². The molecule has 6 heteroatoms. The van der Waals surface area contributed by atoms with Gasteiger partial charge < -0.3 is 19.7 Å². The van der Waals surface area contributed by atoms with E-state index in [2.05, 4.69) is 38.3 Å². The molecule has 0 aromatic heterocycles. The number of ether oxygens (including phenoxy) is 2. The van der Waals surface area contributed by atoms with Gasteiger partial charge in [-0.3, -0.25) is 4.79 Å². The number of amides is 1. The van der Waals surface area contributed by atoms with Gasteiger partial charge in [-0.15, -0.1) is 0 Å². The van der Waals surface area contributed by atoms with Gasteiger partial charge in [0.2, 0.25) is 0 Å². The number of carbonyl (C=O) groups is 1. The zero-order chi connectivity index (χ0) is 18.7. The highest BCUT2D eigenvalue weighted by atomic mass is 79.9. The monoisotopic (exact) mass is 418 g/mol. The lowest BCUT2D eigenvalue weighted by molar-refractivity contribution is 0.102. The van der Waals surface area contributed by atoms with Crippen molar-refractivity contribution in [2.24, 2.45) is 0 Å². The molecule has 0 atom stereocenters. The first-order chi connectivity index (χ1) is 12.5. The summed E-state index contributed by atoms with van der Waals surface area (Å²) in [5, 5.41) is 2.98. The van der Waals surface area contributed by atoms with Crippen LogP contribution in [0.3, 0.4) is 0 Å². The zero-order valence-electron chi connectivity index (χ0n) is 15.3. The molecule has 1 aliphatic heterocycles. The Morgan fingerprint density at radius 3 is 2.23 bits per heavy atom. The van der Waals surface area contributed by atoms with Crippen LogP contribution in [0.4, 0.5) is 11.4 Å². The lowest BCUT2D eigenvalue weighted by Crippen LogP contribution is -2.18. The third kappa shape index (κ3) is 3.80. The summed E-state index contributed by atoms with van der Waals surface area (Å²) in [5.41, 5.74) is 3.53. The molecular formula is C20H23BrN2O3. The van der Waals surface area contributed by atoms with Crippen LogP contribution in [-0.2, 0) is 0 Å². The highest BCUT2D eigenvalue weighted by Crippen LogP contribution is 2.36. The number of halogens is 1. The summed E-state index contributed by atoms with van der Waals surface area (Å²) in [4.78, 5) is 15.1. The highest BCUT2D eigenvalue weighted by Gasteiger charge is 2.17. The molecule has 0 aliphatic carbocycles. The number of nitrogens with zero attached hydrogens (tertiary/aromatic N) is 1. The van der Waals surface area contributed by atoms with E-state index in [0.717, 1.165) is 24.3 Å². The molecule has 1 N–H and O–H groups in total. The molecule has 0 unspecified atom stereocenters. The van der Waals surface area contributed by atoms with Crippen LogP contribution in [0.25, 0.3) is 0 Å². The van der Waals surface area contributed by atoms with Gasteiger partial charge in [-0.05, 0) is 71.6 Å². The smallest absolute Gasteiger partial charge is 0.255 e. The van der Waals surface area contributed by atoms with Crippen molar-refractivity contribution in [1.29, 1.82) is 0 Å². The number of hydrogen-bond donors (Lipinski definition) is 1. The lowest BCUT2D eigenvalue weighted by Gasteiger charge is -2.19. The maximum atomic E-state index is 12.7. The number of methoxy groups -OCH3 is 2. The van der Waals surface area contributed by atoms with Crippen LogP contribution >= 0.6 is 15.9 Å². The van der Waals surface area contributed by atoms with Gasteiger partial charge in [0.1, 0.15) is 16.0 Å². The Kier molecular flexibility index (Phi) is 5.71. The molecule has 0 radical (unpaired) electrons. The molecule has 138 valence electrons. The minimum absolute atomic E-state index is 0.203. The van der Waals surface area contributed by atoms with E-state index in [0.29, 0.717) is 21.5 Å². The average Bonchev–Trinajstić information content (AvgIpc) is 3.18. The zero-order valence-corrected chi connectivity index (χ0v) is 16.9. The number of hydrogen-bond acceptors (Lipinski definition) is 4. The van der Waals surface area contributed by atoms with Gasteiger partial charge >= 0.3 is 0 Å². The Hall–Kier alpha value is -2.21. The molecule has 2 aromatic rings. The van der Waals surface area contributed by atoms with Crippen molar-refractivity contribution in [3.63, 3.8) is 0 Å². The molecule has 5 nitrogen and oxygen atoms in total. The van der Waals surface area contributed by atoms with Crippen molar-refractivity contribution >= 4 is 33.2 Å². The Balaban J connectivity index is 1.81. The summed E-state index contributed by atoms with van der Waals surface area (Å²) in [6, 6.07) is 9.54. The largest absolute Gasteiger partial charge is 0.495 e. The lowest BCUT2D eigenvalue weighted by atomic mass is 10.1. The first-order valence-electron chi connectivity index (χ1n) is 8.62. The number of carbonyl (C=O) groups excluding carboxylic acids is 1. The van der Waals surface area contributed by atoms with Crippen molar-refractivity contribution in [2.75, 3.05) is 37.5 Å². The van der Waals surface area contributed by atoms with Crippen LogP contribution in [0.5, 0.6) is 11.5 Å². The predicted octanol–water partition coefficient (Wildman–Crippen LogP) is 4.63. The van der Waals surface area contributed by atoms with Gasteiger partial charge in [-0.2, -0.15) is 0 Å². The van der Waals surface area contributed by atoms with Crippen LogP contribution in [0.2, 0.25) is 0 Å². The molecule has 2 aromatic carbocycles.